The second-order valence-corrected chi connectivity index (χ2v) is 12.8. The van der Waals surface area contributed by atoms with Crippen LogP contribution in [-0.2, 0) is 4.79 Å². The lowest BCUT2D eigenvalue weighted by Crippen LogP contribution is -2.59. The molecule has 2 aliphatic heterocycles. The van der Waals surface area contributed by atoms with Crippen LogP contribution in [0.2, 0.25) is 0 Å². The predicted octanol–water partition coefficient (Wildman–Crippen LogP) is 4.98. The Morgan fingerprint density at radius 1 is 0.814 bits per heavy atom. The highest BCUT2D eigenvalue weighted by Crippen LogP contribution is 2.35. The topological polar surface area (TPSA) is 114 Å². The van der Waals surface area contributed by atoms with Crippen molar-refractivity contribution in [3.63, 3.8) is 0 Å². The first-order valence-electron chi connectivity index (χ1n) is 14.7. The summed E-state index contributed by atoms with van der Waals surface area (Å²) in [6.07, 6.45) is 4.27. The maximum absolute atomic E-state index is 13.9. The molecule has 9 nitrogen and oxygen atoms in total. The number of hydrogen-bond donors (Lipinski definition) is 3. The highest BCUT2D eigenvalue weighted by molar-refractivity contribution is 6.01. The highest BCUT2D eigenvalue weighted by Gasteiger charge is 2.50. The van der Waals surface area contributed by atoms with Gasteiger partial charge in [-0.05, 0) is 65.4 Å². The molecular formula is C34H34N6O3. The van der Waals surface area contributed by atoms with E-state index in [1.807, 2.05) is 85.2 Å². The van der Waals surface area contributed by atoms with Crippen LogP contribution in [0.15, 0.2) is 79.1 Å². The van der Waals surface area contributed by atoms with E-state index in [9.17, 15) is 14.4 Å². The van der Waals surface area contributed by atoms with Crippen molar-refractivity contribution in [1.29, 1.82) is 0 Å². The molecular weight excluding hydrogens is 540 g/mol. The van der Waals surface area contributed by atoms with Crippen LogP contribution in [0.3, 0.4) is 0 Å². The van der Waals surface area contributed by atoms with Crippen LogP contribution in [0.25, 0.3) is 32.9 Å². The molecule has 5 heterocycles. The molecule has 0 radical (unpaired) electrons. The van der Waals surface area contributed by atoms with Gasteiger partial charge in [-0.2, -0.15) is 0 Å². The number of pyridine rings is 1. The number of nitrogens with one attached hydrogen (secondary N) is 3. The second-order valence-electron chi connectivity index (χ2n) is 12.8. The Morgan fingerprint density at radius 2 is 1.49 bits per heavy atom. The fourth-order valence-electron chi connectivity index (χ4n) is 6.53. The molecule has 0 aliphatic carbocycles. The van der Waals surface area contributed by atoms with Gasteiger partial charge in [0, 0.05) is 47.3 Å². The van der Waals surface area contributed by atoms with Crippen molar-refractivity contribution in [2.75, 3.05) is 13.1 Å². The average molecular weight is 575 g/mol. The van der Waals surface area contributed by atoms with Gasteiger partial charge in [-0.15, -0.1) is 0 Å². The Morgan fingerprint density at radius 3 is 2.21 bits per heavy atom. The van der Waals surface area contributed by atoms with Crippen LogP contribution in [0.5, 0.6) is 0 Å². The monoisotopic (exact) mass is 574 g/mol. The molecule has 0 spiro atoms. The van der Waals surface area contributed by atoms with E-state index in [0.29, 0.717) is 24.5 Å². The number of rotatable bonds is 5. The number of hydrogen-bond acceptors (Lipinski definition) is 4. The number of benzene rings is 2. The number of piperazine rings is 1. The van der Waals surface area contributed by atoms with E-state index < -0.39 is 11.5 Å². The molecule has 218 valence electrons. The molecule has 3 unspecified atom stereocenters. The fourth-order valence-corrected chi connectivity index (χ4v) is 6.53. The molecule has 2 aromatic carbocycles. The van der Waals surface area contributed by atoms with E-state index in [2.05, 4.69) is 26.3 Å². The minimum atomic E-state index is -0.710. The van der Waals surface area contributed by atoms with E-state index in [1.54, 1.807) is 18.5 Å². The molecule has 43 heavy (non-hydrogen) atoms. The van der Waals surface area contributed by atoms with E-state index in [-0.39, 0.29) is 29.8 Å². The number of nitrogens with zero attached hydrogens (tertiary/aromatic N) is 3. The van der Waals surface area contributed by atoms with Gasteiger partial charge >= 0.3 is 0 Å². The van der Waals surface area contributed by atoms with Crippen LogP contribution >= 0.6 is 0 Å². The summed E-state index contributed by atoms with van der Waals surface area (Å²) in [5, 5.41) is 4.92. The Balaban J connectivity index is 1.05. The zero-order chi connectivity index (χ0) is 29.9. The van der Waals surface area contributed by atoms with Crippen molar-refractivity contribution in [1.82, 2.24) is 30.1 Å². The van der Waals surface area contributed by atoms with E-state index in [0.717, 1.165) is 39.4 Å². The SMILES string of the molecule is CC(C)(C)C(NC(=O)c1cc2ccccc2[nH]1)C(=O)N1CC2CC1CN2C(=O)c1cc2cc(-c3ccncc3)ccc2[nH]1. The molecule has 0 saturated carbocycles. The van der Waals surface area contributed by atoms with Gasteiger partial charge in [0.1, 0.15) is 17.4 Å². The molecule has 2 aliphatic rings. The van der Waals surface area contributed by atoms with Gasteiger partial charge in [0.15, 0.2) is 0 Å². The van der Waals surface area contributed by atoms with Crippen molar-refractivity contribution in [2.45, 2.75) is 45.3 Å². The number of amides is 3. The number of H-pyrrole nitrogens is 2. The Kier molecular flexibility index (Phi) is 6.34. The fraction of sp³-hybridized carbons (Fsp3) is 0.294. The zero-order valence-corrected chi connectivity index (χ0v) is 24.4. The van der Waals surface area contributed by atoms with E-state index in [4.69, 9.17) is 0 Å². The quantitative estimate of drug-likeness (QED) is 0.275. The maximum Gasteiger partial charge on any atom is 0.270 e. The zero-order valence-electron chi connectivity index (χ0n) is 24.4. The van der Waals surface area contributed by atoms with Crippen molar-refractivity contribution in [3.8, 4) is 11.1 Å². The van der Waals surface area contributed by atoms with Crippen molar-refractivity contribution < 1.29 is 14.4 Å². The number of likely N-dealkylation sites (tertiary alicyclic amines) is 2. The summed E-state index contributed by atoms with van der Waals surface area (Å²) >= 11 is 0. The molecule has 3 aromatic heterocycles. The molecule has 9 heteroatoms. The van der Waals surface area contributed by atoms with Gasteiger partial charge < -0.3 is 25.1 Å². The summed E-state index contributed by atoms with van der Waals surface area (Å²) in [6.45, 7) is 6.81. The third kappa shape index (κ3) is 4.84. The third-order valence-corrected chi connectivity index (χ3v) is 8.81. The lowest BCUT2D eigenvalue weighted by atomic mass is 9.85. The normalized spacial score (nSPS) is 18.9. The third-order valence-electron chi connectivity index (χ3n) is 8.81. The molecule has 2 saturated heterocycles. The summed E-state index contributed by atoms with van der Waals surface area (Å²) in [6, 6.07) is 20.6. The minimum absolute atomic E-state index is 0.0549. The predicted molar refractivity (Wildman–Crippen MR) is 165 cm³/mol. The van der Waals surface area contributed by atoms with Gasteiger partial charge in [-0.3, -0.25) is 19.4 Å². The molecule has 3 amide bonds. The van der Waals surface area contributed by atoms with Crippen LogP contribution in [0.4, 0.5) is 0 Å². The summed E-state index contributed by atoms with van der Waals surface area (Å²) in [7, 11) is 0. The number of fused-ring (bicyclic) bond motifs is 4. The first-order valence-corrected chi connectivity index (χ1v) is 14.7. The second kappa shape index (κ2) is 10.1. The Labute approximate surface area is 249 Å². The van der Waals surface area contributed by atoms with Gasteiger partial charge in [0.2, 0.25) is 5.91 Å². The molecule has 7 rings (SSSR count). The maximum atomic E-state index is 13.9. The summed E-state index contributed by atoms with van der Waals surface area (Å²) in [5.41, 5.74) is 4.37. The van der Waals surface area contributed by atoms with Crippen molar-refractivity contribution in [3.05, 3.63) is 90.5 Å². The van der Waals surface area contributed by atoms with E-state index in [1.165, 1.54) is 0 Å². The Hall–Kier alpha value is -4.92. The summed E-state index contributed by atoms with van der Waals surface area (Å²) in [4.78, 5) is 55.1. The van der Waals surface area contributed by atoms with Gasteiger partial charge in [0.25, 0.3) is 11.8 Å². The smallest absolute Gasteiger partial charge is 0.270 e. The van der Waals surface area contributed by atoms with Gasteiger partial charge in [-0.25, -0.2) is 0 Å². The lowest BCUT2D eigenvalue weighted by Gasteiger charge is -2.39. The van der Waals surface area contributed by atoms with Crippen LogP contribution in [0.1, 0.15) is 48.2 Å². The van der Waals surface area contributed by atoms with Crippen LogP contribution in [0, 0.1) is 5.41 Å². The van der Waals surface area contributed by atoms with Crippen LogP contribution < -0.4 is 5.32 Å². The highest BCUT2D eigenvalue weighted by atomic mass is 16.2. The molecule has 2 bridgehead atoms. The number of carbonyl (C=O) groups is 3. The summed E-state index contributed by atoms with van der Waals surface area (Å²) < 4.78 is 0. The van der Waals surface area contributed by atoms with Crippen molar-refractivity contribution in [2.24, 2.45) is 5.41 Å². The number of aromatic nitrogens is 3. The molecule has 5 aromatic rings. The molecule has 3 atom stereocenters. The van der Waals surface area contributed by atoms with Crippen LogP contribution in [-0.4, -0.2) is 73.7 Å². The van der Waals surface area contributed by atoms with Gasteiger partial charge in [0.05, 0.1) is 12.1 Å². The largest absolute Gasteiger partial charge is 0.351 e. The lowest BCUT2D eigenvalue weighted by molar-refractivity contribution is -0.138. The molecule has 3 N–H and O–H groups in total. The van der Waals surface area contributed by atoms with Crippen molar-refractivity contribution >= 4 is 39.5 Å². The van der Waals surface area contributed by atoms with Gasteiger partial charge in [-0.1, -0.05) is 45.0 Å². The number of carbonyl (C=O) groups excluding carboxylic acids is 3. The minimum Gasteiger partial charge on any atom is -0.351 e. The van der Waals surface area contributed by atoms with E-state index >= 15 is 0 Å². The first-order chi connectivity index (χ1) is 20.7. The summed E-state index contributed by atoms with van der Waals surface area (Å²) in [5.74, 6) is -0.469. The first kappa shape index (κ1) is 26.9. The number of para-hydroxylation sites is 1. The number of aromatic amines is 2. The standard InChI is InChI=1S/C34H34N6O3/c1-34(2,3)30(38-31(41)28-15-22-6-4-5-7-26(22)36-28)33(43)40-19-24-17-25(40)18-39(24)32(42)29-16-23-14-21(8-9-27(23)37-29)20-10-12-35-13-11-20/h4-16,24-25,30,36-37H,17-19H2,1-3H3,(H,38,41). The molecule has 2 fully saturated rings. The Bertz CT molecular complexity index is 1830. The average Bonchev–Trinajstić information content (AvgIpc) is 3.80.